The van der Waals surface area contributed by atoms with Crippen LogP contribution in [-0.2, 0) is 28.5 Å². The molecule has 2 saturated heterocycles. The fourth-order valence-electron chi connectivity index (χ4n) is 9.09. The molecule has 20 nitrogen and oxygen atoms in total. The molecule has 404 valence electrons. The van der Waals surface area contributed by atoms with Crippen molar-refractivity contribution in [3.05, 3.63) is 85.1 Å². The summed E-state index contributed by atoms with van der Waals surface area (Å²) in [5.74, 6) is -6.88. The second-order valence-electron chi connectivity index (χ2n) is 19.1. The zero-order valence-electron chi connectivity index (χ0n) is 41.4. The topological polar surface area (TPSA) is 349 Å². The molecular formula is C51H83N3O17. The molecule has 0 radical (unpaired) electrons. The number of ether oxygens (including phenoxy) is 4. The van der Waals surface area contributed by atoms with Crippen LogP contribution in [0.4, 0.5) is 0 Å². The van der Waals surface area contributed by atoms with Crippen molar-refractivity contribution in [2.75, 3.05) is 26.2 Å². The molecule has 0 aliphatic carbocycles. The van der Waals surface area contributed by atoms with Gasteiger partial charge < -0.3 is 86.6 Å². The molecular weight excluding hydrogens is 927 g/mol. The lowest BCUT2D eigenvalue weighted by Crippen LogP contribution is -2.65. The summed E-state index contributed by atoms with van der Waals surface area (Å²) in [5, 5.41) is 121. The van der Waals surface area contributed by atoms with Crippen LogP contribution < -0.4 is 11.5 Å². The number of aliphatic hydroxyl groups is 10. The van der Waals surface area contributed by atoms with Crippen LogP contribution in [0.3, 0.4) is 0 Å². The number of cyclic esters (lactones) is 1. The van der Waals surface area contributed by atoms with E-state index in [-0.39, 0.29) is 57.8 Å². The van der Waals surface area contributed by atoms with Crippen LogP contribution in [0.2, 0.25) is 0 Å². The van der Waals surface area contributed by atoms with Crippen LogP contribution in [0.5, 0.6) is 0 Å². The van der Waals surface area contributed by atoms with Crippen molar-refractivity contribution in [1.29, 1.82) is 0 Å². The Morgan fingerprint density at radius 2 is 1.24 bits per heavy atom. The number of esters is 1. The Kier molecular flexibility index (Phi) is 27.2. The number of fused-ring (bicyclic) bond motifs is 2. The molecule has 0 amide bonds. The Hall–Kier alpha value is -3.52. The minimum Gasteiger partial charge on any atom is -0.481 e. The largest absolute Gasteiger partial charge is 0.481 e. The SMILES string of the molecule is C[C@@H]1[C@H](O)[C@@H](C)/C=C/C=C/C=C/C=C/C=C/C=C/C=C/[C@H](OC2O[C@H](C)[C@@H](O)[C@H](N(CCN)CCN)[C@@H]2O)CC2O[C@](O)(C[C@@H](O)C[C@@H](O)[C@H](O)CC[C@@H](O)C[C@@H](O)CC(=O)O[C@H]1C)C[C@H](O)[C@H]2C(=O)O. The number of hydrogen-bond acceptors (Lipinski definition) is 19. The van der Waals surface area contributed by atoms with Crippen molar-refractivity contribution in [2.24, 2.45) is 29.2 Å². The van der Waals surface area contributed by atoms with E-state index in [1.54, 1.807) is 86.4 Å². The standard InChI is InChI=1S/C51H83N3O17/c1-31-17-15-13-11-9-7-5-6-8-10-12-14-16-18-38(70-50-48(64)45(47(63)34(4)69-50)54(23-21-52)24-22-53)28-42-44(49(65)66)41(60)30-51(67,71-42)29-37(57)26-40(59)39(58)20-19-35(55)25-36(56)27-43(61)68-33(3)32(2)46(31)62/h5-18,31-42,44-48,50,55-60,62-64,67H,19-30,52-53H2,1-4H3,(H,65,66)/b6-5+,9-7+,10-8+,13-11+,14-12+,17-15+,18-16+/t31-,32-,33-,34+,35+,36+,37-,38-,39+,40+,41-,42?,44+,45-,46+,47+,48-,50?,51+/m0/s1. The molecule has 71 heavy (non-hydrogen) atoms. The molecule has 2 fully saturated rings. The predicted octanol–water partition coefficient (Wildman–Crippen LogP) is -0.0276. The molecule has 3 rings (SSSR count). The highest BCUT2D eigenvalue weighted by molar-refractivity contribution is 5.71. The van der Waals surface area contributed by atoms with Gasteiger partial charge in [0.05, 0.1) is 79.6 Å². The number of aliphatic carboxylic acids is 1. The molecule has 0 aromatic rings. The Morgan fingerprint density at radius 1 is 0.676 bits per heavy atom. The zero-order chi connectivity index (χ0) is 52.8. The van der Waals surface area contributed by atoms with Gasteiger partial charge in [-0.1, -0.05) is 98.9 Å². The number of hydrogen-bond donors (Lipinski definition) is 13. The first-order valence-corrected chi connectivity index (χ1v) is 24.7. The second-order valence-corrected chi connectivity index (χ2v) is 19.1. The van der Waals surface area contributed by atoms with Crippen molar-refractivity contribution in [3.8, 4) is 0 Å². The lowest BCUT2D eigenvalue weighted by Gasteiger charge is -2.47. The molecule has 2 bridgehead atoms. The quantitative estimate of drug-likeness (QED) is 0.142. The van der Waals surface area contributed by atoms with Gasteiger partial charge in [0, 0.05) is 63.7 Å². The van der Waals surface area contributed by atoms with E-state index < -0.39 is 147 Å². The molecule has 20 heteroatoms. The summed E-state index contributed by atoms with van der Waals surface area (Å²) in [6.07, 6.45) is 3.47. The minimum atomic E-state index is -2.35. The first kappa shape index (κ1) is 61.8. The van der Waals surface area contributed by atoms with Gasteiger partial charge in [-0.2, -0.15) is 0 Å². The third-order valence-corrected chi connectivity index (χ3v) is 13.2. The van der Waals surface area contributed by atoms with Gasteiger partial charge in [0.15, 0.2) is 12.1 Å². The van der Waals surface area contributed by atoms with Crippen LogP contribution in [0.1, 0.15) is 79.1 Å². The third-order valence-electron chi connectivity index (χ3n) is 13.2. The third kappa shape index (κ3) is 20.7. The maximum atomic E-state index is 12.7. The van der Waals surface area contributed by atoms with Crippen LogP contribution in [-0.4, -0.2) is 197 Å². The number of carbonyl (C=O) groups is 2. The summed E-state index contributed by atoms with van der Waals surface area (Å²) < 4.78 is 23.8. The maximum Gasteiger partial charge on any atom is 0.311 e. The van der Waals surface area contributed by atoms with E-state index in [1.165, 1.54) is 0 Å². The smallest absolute Gasteiger partial charge is 0.311 e. The van der Waals surface area contributed by atoms with E-state index in [2.05, 4.69) is 0 Å². The number of carboxylic acids is 1. The average molecular weight is 1010 g/mol. The van der Waals surface area contributed by atoms with Gasteiger partial charge in [0.2, 0.25) is 0 Å². The maximum absolute atomic E-state index is 12.7. The Balaban J connectivity index is 1.93. The number of nitrogens with zero attached hydrogens (tertiary/aromatic N) is 1. The number of nitrogens with two attached hydrogens (primary N) is 2. The highest BCUT2D eigenvalue weighted by Gasteiger charge is 2.51. The molecule has 3 heterocycles. The molecule has 19 atom stereocenters. The van der Waals surface area contributed by atoms with E-state index in [0.29, 0.717) is 0 Å². The fourth-order valence-corrected chi connectivity index (χ4v) is 9.09. The second kappa shape index (κ2) is 31.3. The first-order valence-electron chi connectivity index (χ1n) is 24.7. The number of carbonyl (C=O) groups excluding carboxylic acids is 1. The number of allylic oxidation sites excluding steroid dienone is 12. The van der Waals surface area contributed by atoms with Gasteiger partial charge in [-0.15, -0.1) is 0 Å². The van der Waals surface area contributed by atoms with E-state index in [0.717, 1.165) is 0 Å². The molecule has 3 aliphatic rings. The highest BCUT2D eigenvalue weighted by Crippen LogP contribution is 2.38. The lowest BCUT2D eigenvalue weighted by atomic mass is 9.82. The summed E-state index contributed by atoms with van der Waals surface area (Å²) in [6, 6.07) is -0.919. The number of rotatable bonds is 8. The summed E-state index contributed by atoms with van der Waals surface area (Å²) >= 11 is 0. The molecule has 2 unspecified atom stereocenters. The lowest BCUT2D eigenvalue weighted by molar-refractivity contribution is -0.312. The summed E-state index contributed by atoms with van der Waals surface area (Å²) in [7, 11) is 0. The Morgan fingerprint density at radius 3 is 1.80 bits per heavy atom. The molecule has 0 saturated carbocycles. The van der Waals surface area contributed by atoms with Crippen molar-refractivity contribution >= 4 is 11.9 Å². The summed E-state index contributed by atoms with van der Waals surface area (Å²) in [6.45, 7) is 7.77. The van der Waals surface area contributed by atoms with Crippen molar-refractivity contribution < 1.29 is 84.7 Å². The monoisotopic (exact) mass is 1010 g/mol. The van der Waals surface area contributed by atoms with Gasteiger partial charge in [-0.25, -0.2) is 0 Å². The number of aliphatic hydroxyl groups excluding tert-OH is 9. The van der Waals surface area contributed by atoms with E-state index in [9.17, 15) is 65.8 Å². The predicted molar refractivity (Wildman–Crippen MR) is 262 cm³/mol. The van der Waals surface area contributed by atoms with Crippen molar-refractivity contribution in [3.63, 3.8) is 0 Å². The van der Waals surface area contributed by atoms with Gasteiger partial charge in [-0.05, 0) is 33.1 Å². The van der Waals surface area contributed by atoms with Crippen LogP contribution in [0, 0.1) is 17.8 Å². The van der Waals surface area contributed by atoms with Crippen molar-refractivity contribution in [2.45, 2.75) is 177 Å². The van der Waals surface area contributed by atoms with Crippen LogP contribution >= 0.6 is 0 Å². The fraction of sp³-hybridized carbons (Fsp3) is 0.686. The molecule has 0 aromatic carbocycles. The van der Waals surface area contributed by atoms with Crippen LogP contribution in [0.25, 0.3) is 0 Å². The summed E-state index contributed by atoms with van der Waals surface area (Å²) in [5.41, 5.74) is 11.7. The van der Waals surface area contributed by atoms with Crippen molar-refractivity contribution in [1.82, 2.24) is 4.90 Å². The molecule has 0 aromatic heterocycles. The highest BCUT2D eigenvalue weighted by atomic mass is 16.7. The van der Waals surface area contributed by atoms with Gasteiger partial charge in [0.25, 0.3) is 0 Å². The average Bonchev–Trinajstić information content (AvgIpc) is 3.28. The minimum absolute atomic E-state index is 0.113. The normalized spacial score (nSPS) is 42.7. The van der Waals surface area contributed by atoms with E-state index >= 15 is 0 Å². The number of carboxylic acid groups (broad SMARTS) is 1. The first-order chi connectivity index (χ1) is 33.6. The van der Waals surface area contributed by atoms with Gasteiger partial charge in [0.1, 0.15) is 18.1 Å². The molecule has 15 N–H and O–H groups in total. The Labute approximate surface area is 417 Å². The van der Waals surface area contributed by atoms with E-state index in [1.807, 2.05) is 31.2 Å². The molecule has 0 spiro atoms. The van der Waals surface area contributed by atoms with Gasteiger partial charge >= 0.3 is 11.9 Å². The summed E-state index contributed by atoms with van der Waals surface area (Å²) in [4.78, 5) is 27.1. The molecule has 3 aliphatic heterocycles. The zero-order valence-corrected chi connectivity index (χ0v) is 41.4. The van der Waals surface area contributed by atoms with E-state index in [4.69, 9.17) is 30.4 Å². The van der Waals surface area contributed by atoms with Crippen LogP contribution in [0.15, 0.2) is 85.1 Å². The Bertz CT molecular complexity index is 1790. The van der Waals surface area contributed by atoms with Gasteiger partial charge in [-0.3, -0.25) is 14.5 Å².